The molecule has 0 radical (unpaired) electrons. The van der Waals surface area contributed by atoms with Crippen LogP contribution in [0.3, 0.4) is 0 Å². The molecule has 1 saturated heterocycles. The average Bonchev–Trinajstić information content (AvgIpc) is 2.76. The summed E-state index contributed by atoms with van der Waals surface area (Å²) in [5.74, 6) is -0.223. The largest absolute Gasteiger partial charge is 0.478 e. The van der Waals surface area contributed by atoms with Crippen molar-refractivity contribution in [3.05, 3.63) is 48.1 Å². The summed E-state index contributed by atoms with van der Waals surface area (Å²) < 4.78 is 5.55. The molecule has 0 amide bonds. The number of nitrogens with one attached hydrogen (secondary N) is 1. The van der Waals surface area contributed by atoms with Crippen LogP contribution in [-0.4, -0.2) is 46.8 Å². The van der Waals surface area contributed by atoms with Gasteiger partial charge in [-0.2, -0.15) is 0 Å². The number of anilines is 3. The Bertz CT molecular complexity index is 890. The molecule has 1 fully saturated rings. The van der Waals surface area contributed by atoms with E-state index in [-0.39, 0.29) is 0 Å². The Morgan fingerprint density at radius 3 is 2.57 bits per heavy atom. The van der Waals surface area contributed by atoms with Crippen molar-refractivity contribution in [2.24, 2.45) is 0 Å². The van der Waals surface area contributed by atoms with Crippen molar-refractivity contribution in [2.45, 2.75) is 46.1 Å². The minimum Gasteiger partial charge on any atom is -0.478 e. The van der Waals surface area contributed by atoms with Gasteiger partial charge in [0.25, 0.3) is 0 Å². The molecular formula is C23H30N4O3. The van der Waals surface area contributed by atoms with Gasteiger partial charge >= 0.3 is 5.97 Å². The lowest BCUT2D eigenvalue weighted by molar-refractivity contribution is -0.131. The van der Waals surface area contributed by atoms with Crippen molar-refractivity contribution < 1.29 is 14.6 Å². The molecule has 0 unspecified atom stereocenters. The molecule has 2 heterocycles. The summed E-state index contributed by atoms with van der Waals surface area (Å²) >= 11 is 0. The molecule has 160 valence electrons. The van der Waals surface area contributed by atoms with Crippen molar-refractivity contribution >= 4 is 28.6 Å². The van der Waals surface area contributed by atoms with E-state index in [0.29, 0.717) is 18.3 Å². The topological polar surface area (TPSA) is 87.6 Å². The van der Waals surface area contributed by atoms with E-state index in [1.54, 1.807) is 12.4 Å². The number of aromatic nitrogens is 2. The normalized spacial score (nSPS) is 15.1. The second-order valence-electron chi connectivity index (χ2n) is 7.37. The Morgan fingerprint density at radius 1 is 1.27 bits per heavy atom. The third-order valence-corrected chi connectivity index (χ3v) is 5.39. The number of hydrogen-bond donors (Lipinski definition) is 2. The number of benzene rings is 1. The third-order valence-electron chi connectivity index (χ3n) is 5.39. The van der Waals surface area contributed by atoms with Crippen LogP contribution < -0.4 is 10.2 Å². The minimum atomic E-state index is -0.935. The highest BCUT2D eigenvalue weighted by Crippen LogP contribution is 2.35. The van der Waals surface area contributed by atoms with Crippen molar-refractivity contribution in [3.8, 4) is 0 Å². The van der Waals surface area contributed by atoms with Crippen LogP contribution in [0.5, 0.6) is 0 Å². The maximum Gasteiger partial charge on any atom is 0.328 e. The second kappa shape index (κ2) is 10.2. The smallest absolute Gasteiger partial charge is 0.328 e. The lowest BCUT2D eigenvalue weighted by Crippen LogP contribution is -2.39. The monoisotopic (exact) mass is 410 g/mol. The molecule has 7 heteroatoms. The number of carboxylic acid groups (broad SMARTS) is 1. The number of nitrogens with zero attached hydrogens (tertiary/aromatic N) is 3. The van der Waals surface area contributed by atoms with Gasteiger partial charge in [-0.25, -0.2) is 14.8 Å². The molecule has 1 aromatic carbocycles. The van der Waals surface area contributed by atoms with E-state index in [1.807, 2.05) is 26.0 Å². The maximum atomic E-state index is 11.2. The lowest BCUT2D eigenvalue weighted by atomic mass is 10.00. The quantitative estimate of drug-likeness (QED) is 0.623. The second-order valence-corrected chi connectivity index (χ2v) is 7.37. The van der Waals surface area contributed by atoms with Gasteiger partial charge in [-0.05, 0) is 56.4 Å². The van der Waals surface area contributed by atoms with Crippen LogP contribution >= 0.6 is 0 Å². The average molecular weight is 411 g/mol. The van der Waals surface area contributed by atoms with Crippen LogP contribution in [0.15, 0.2) is 36.7 Å². The molecular weight excluding hydrogens is 380 g/mol. The number of carbonyl (C=O) groups is 1. The minimum absolute atomic E-state index is 0.407. The third kappa shape index (κ3) is 5.36. The fourth-order valence-electron chi connectivity index (χ4n) is 3.86. The molecule has 1 aliphatic rings. The molecule has 0 saturated carbocycles. The number of carboxylic acids is 1. The predicted molar refractivity (Wildman–Crippen MR) is 119 cm³/mol. The molecule has 0 atom stereocenters. The number of aliphatic carboxylic acids is 1. The van der Waals surface area contributed by atoms with E-state index in [1.165, 1.54) is 6.08 Å². The van der Waals surface area contributed by atoms with Gasteiger partial charge in [0.2, 0.25) is 0 Å². The summed E-state index contributed by atoms with van der Waals surface area (Å²) in [5.41, 5.74) is 4.47. The first kappa shape index (κ1) is 21.8. The summed E-state index contributed by atoms with van der Waals surface area (Å²) in [7, 11) is 0. The lowest BCUT2D eigenvalue weighted by Gasteiger charge is -2.36. The van der Waals surface area contributed by atoms with E-state index in [9.17, 15) is 9.90 Å². The summed E-state index contributed by atoms with van der Waals surface area (Å²) in [6.45, 7) is 8.39. The molecule has 1 aliphatic heterocycles. The van der Waals surface area contributed by atoms with Gasteiger partial charge in [-0.15, -0.1) is 0 Å². The highest BCUT2D eigenvalue weighted by molar-refractivity contribution is 5.91. The highest BCUT2D eigenvalue weighted by atomic mass is 16.5. The Balaban J connectivity index is 2.03. The Hall–Kier alpha value is -2.93. The molecule has 0 spiro atoms. The van der Waals surface area contributed by atoms with Crippen LogP contribution in [0.1, 0.15) is 44.5 Å². The van der Waals surface area contributed by atoms with Gasteiger partial charge in [0, 0.05) is 31.9 Å². The maximum absolute atomic E-state index is 11.2. The Morgan fingerprint density at radius 2 is 1.97 bits per heavy atom. The van der Waals surface area contributed by atoms with Crippen molar-refractivity contribution in [2.75, 3.05) is 30.0 Å². The molecule has 0 bridgehead atoms. The Kier molecular flexibility index (Phi) is 7.41. The summed E-state index contributed by atoms with van der Waals surface area (Å²) in [6, 6.07) is 6.52. The Labute approximate surface area is 177 Å². The standard InChI is InChI=1S/C23H30N4O3/c1-4-17(13-23(28)29)18-6-7-22(27(5-2)20-8-10-30-11-9-20)21(12-18)26-19-14-24-16(3)25-15-19/h6-7,12-15,20,26H,4-5,8-11H2,1-3H3,(H,28,29)/b17-13+. The summed E-state index contributed by atoms with van der Waals surface area (Å²) in [5, 5.41) is 12.7. The van der Waals surface area contributed by atoms with Gasteiger partial charge in [0.05, 0.1) is 29.5 Å². The first-order valence-corrected chi connectivity index (χ1v) is 10.5. The fraction of sp³-hybridized carbons (Fsp3) is 0.435. The van der Waals surface area contributed by atoms with Crippen LogP contribution in [-0.2, 0) is 9.53 Å². The van der Waals surface area contributed by atoms with Crippen LogP contribution in [0.25, 0.3) is 5.57 Å². The van der Waals surface area contributed by atoms with Crippen molar-refractivity contribution in [3.63, 3.8) is 0 Å². The van der Waals surface area contributed by atoms with Gasteiger partial charge in [0.15, 0.2) is 0 Å². The van der Waals surface area contributed by atoms with Gasteiger partial charge in [0.1, 0.15) is 5.82 Å². The number of rotatable bonds is 8. The van der Waals surface area contributed by atoms with E-state index < -0.39 is 5.97 Å². The fourth-order valence-corrected chi connectivity index (χ4v) is 3.86. The van der Waals surface area contributed by atoms with E-state index in [2.05, 4.69) is 33.2 Å². The van der Waals surface area contributed by atoms with E-state index in [4.69, 9.17) is 4.74 Å². The summed E-state index contributed by atoms with van der Waals surface area (Å²) in [6.07, 6.45) is 7.41. The van der Waals surface area contributed by atoms with Crippen molar-refractivity contribution in [1.29, 1.82) is 0 Å². The molecule has 1 aromatic heterocycles. The SMILES string of the molecule is CC/C(=C\C(=O)O)c1ccc(N(CC)C2CCOCC2)c(Nc2cnc(C)nc2)c1. The number of aryl methyl sites for hydroxylation is 1. The van der Waals surface area contributed by atoms with Crippen LogP contribution in [0, 0.1) is 6.92 Å². The number of ether oxygens (including phenoxy) is 1. The zero-order valence-electron chi connectivity index (χ0n) is 17.9. The van der Waals surface area contributed by atoms with Gasteiger partial charge in [-0.3, -0.25) is 0 Å². The molecule has 3 rings (SSSR count). The van der Waals surface area contributed by atoms with E-state index >= 15 is 0 Å². The highest BCUT2D eigenvalue weighted by Gasteiger charge is 2.23. The molecule has 2 aromatic rings. The predicted octanol–water partition coefficient (Wildman–Crippen LogP) is 4.41. The molecule has 30 heavy (non-hydrogen) atoms. The molecule has 7 nitrogen and oxygen atoms in total. The first-order valence-electron chi connectivity index (χ1n) is 10.5. The van der Waals surface area contributed by atoms with E-state index in [0.717, 1.165) is 60.8 Å². The first-order chi connectivity index (χ1) is 14.5. The van der Waals surface area contributed by atoms with Gasteiger partial charge in [-0.1, -0.05) is 13.0 Å². The number of hydrogen-bond acceptors (Lipinski definition) is 6. The van der Waals surface area contributed by atoms with Crippen LogP contribution in [0.2, 0.25) is 0 Å². The number of allylic oxidation sites excluding steroid dienone is 1. The van der Waals surface area contributed by atoms with Crippen LogP contribution in [0.4, 0.5) is 17.1 Å². The van der Waals surface area contributed by atoms with Crippen molar-refractivity contribution in [1.82, 2.24) is 9.97 Å². The molecule has 2 N–H and O–H groups in total. The van der Waals surface area contributed by atoms with Gasteiger partial charge < -0.3 is 20.1 Å². The zero-order chi connectivity index (χ0) is 21.5. The molecule has 0 aliphatic carbocycles. The zero-order valence-corrected chi connectivity index (χ0v) is 17.9. The summed E-state index contributed by atoms with van der Waals surface area (Å²) in [4.78, 5) is 22.2.